The minimum atomic E-state index is -1.91. The van der Waals surface area contributed by atoms with Crippen molar-refractivity contribution in [2.24, 2.45) is 5.41 Å². The number of esters is 1. The van der Waals surface area contributed by atoms with Gasteiger partial charge in [-0.1, -0.05) is 46.8 Å². The van der Waals surface area contributed by atoms with Crippen molar-refractivity contribution in [1.82, 2.24) is 20.1 Å². The number of carbonyl (C=O) groups excluding carboxylic acids is 2. The van der Waals surface area contributed by atoms with Crippen LogP contribution in [0, 0.1) is 25.8 Å². The van der Waals surface area contributed by atoms with Crippen molar-refractivity contribution in [1.29, 1.82) is 0 Å². The molecule has 312 valence electrons. The molecule has 6 rings (SSSR count). The van der Waals surface area contributed by atoms with Gasteiger partial charge in [-0.15, -0.1) is 16.9 Å². The van der Waals surface area contributed by atoms with Crippen LogP contribution in [-0.4, -0.2) is 63.0 Å². The highest BCUT2D eigenvalue weighted by Gasteiger charge is 2.58. The Balaban J connectivity index is 1.35. The predicted molar refractivity (Wildman–Crippen MR) is 237 cm³/mol. The topological polar surface area (TPSA) is 135 Å². The van der Waals surface area contributed by atoms with Crippen molar-refractivity contribution >= 4 is 57.7 Å². The molecule has 3 heterocycles. The molecule has 2 aliphatic heterocycles. The Bertz CT molecular complexity index is 2340. The van der Waals surface area contributed by atoms with E-state index in [9.17, 15) is 13.8 Å². The molecule has 1 saturated heterocycles. The number of nitrogens with one attached hydrogen (secondary N) is 2. The lowest BCUT2D eigenvalue weighted by atomic mass is 9.72. The van der Waals surface area contributed by atoms with Gasteiger partial charge >= 0.3 is 23.3 Å². The zero-order valence-corrected chi connectivity index (χ0v) is 37.2. The number of urea groups is 1. The summed E-state index contributed by atoms with van der Waals surface area (Å²) >= 11 is -0.586. The summed E-state index contributed by atoms with van der Waals surface area (Å²) < 4.78 is 29.2. The van der Waals surface area contributed by atoms with Crippen molar-refractivity contribution < 1.29 is 22.7 Å². The average Bonchev–Trinajstić information content (AvgIpc) is 3.65. The minimum Gasteiger partial charge on any atom is -0.463 e. The van der Waals surface area contributed by atoms with Gasteiger partial charge in [0.1, 0.15) is 11.3 Å². The quantitative estimate of drug-likeness (QED) is 0.1000. The van der Waals surface area contributed by atoms with Gasteiger partial charge in [0.15, 0.2) is 11.6 Å². The molecular weight excluding hydrogens is 785 g/mol. The lowest BCUT2D eigenvalue weighted by Gasteiger charge is -2.40. The molecule has 0 aliphatic carbocycles. The first-order chi connectivity index (χ1) is 28.0. The van der Waals surface area contributed by atoms with Gasteiger partial charge in [0.2, 0.25) is 10.7 Å². The maximum atomic E-state index is 14.2. The van der Waals surface area contributed by atoms with E-state index in [4.69, 9.17) is 25.6 Å². The van der Waals surface area contributed by atoms with Crippen molar-refractivity contribution in [2.45, 2.75) is 86.1 Å². The third kappa shape index (κ3) is 8.56. The van der Waals surface area contributed by atoms with Crippen LogP contribution in [0.4, 0.5) is 21.9 Å². The second-order valence-electron chi connectivity index (χ2n) is 16.5. The summed E-state index contributed by atoms with van der Waals surface area (Å²) in [7, 11) is 0. The second-order valence-corrected chi connectivity index (χ2v) is 18.6. The van der Waals surface area contributed by atoms with Crippen LogP contribution in [0.3, 0.4) is 0 Å². The van der Waals surface area contributed by atoms with Crippen molar-refractivity contribution in [2.75, 3.05) is 46.5 Å². The SMILES string of the molecule is [C-]#[N+]C1=C(C(=O)OCC)c2nc(-c3ccc(NS(=O)Oc4cc(C(C)(C)CC(C)(C)C)ccc4C)cc3)nn2C12SCCNC(=O)N2c1ccc(N(CC)CC)cc1C. The third-order valence-electron chi connectivity index (χ3n) is 10.4. The van der Waals surface area contributed by atoms with E-state index in [-0.39, 0.29) is 40.4 Å². The number of ether oxygens (including phenoxy) is 1. The van der Waals surface area contributed by atoms with Crippen LogP contribution in [0.15, 0.2) is 66.4 Å². The maximum absolute atomic E-state index is 14.2. The highest BCUT2D eigenvalue weighted by Crippen LogP contribution is 2.54. The number of rotatable bonds is 13. The lowest BCUT2D eigenvalue weighted by molar-refractivity contribution is -0.136. The van der Waals surface area contributed by atoms with E-state index in [0.717, 1.165) is 41.9 Å². The van der Waals surface area contributed by atoms with Crippen LogP contribution < -0.4 is 24.0 Å². The molecule has 2 aliphatic rings. The smallest absolute Gasteiger partial charge is 0.331 e. The minimum absolute atomic E-state index is 0.00710. The number of aromatic nitrogens is 3. The number of carbonyl (C=O) groups is 2. The van der Waals surface area contributed by atoms with Gasteiger partial charge in [0.25, 0.3) is 0 Å². The van der Waals surface area contributed by atoms with Crippen LogP contribution in [0.25, 0.3) is 21.8 Å². The largest absolute Gasteiger partial charge is 0.463 e. The Morgan fingerprint density at radius 1 is 1.03 bits per heavy atom. The summed E-state index contributed by atoms with van der Waals surface area (Å²) in [6, 6.07) is 18.5. The van der Waals surface area contributed by atoms with Gasteiger partial charge in [0.05, 0.1) is 18.9 Å². The second kappa shape index (κ2) is 17.1. The standard InChI is InChI=1S/C44H54N8O5S2/c1-12-50(13-2)33-21-22-34(29(5)25-33)51-41(54)46-23-24-58-44(51)37(45-11)36(40(53)56-14-3)39-47-38(48-52(39)44)30-16-19-32(20-17-30)49-59(55)57-35-26-31(18-15-28(35)4)43(9,10)27-42(6,7)8/h15-22,25-26,49H,12-14,23-24,27H2,1-10H3,(H,46,54). The Labute approximate surface area is 354 Å². The molecule has 2 atom stereocenters. The summed E-state index contributed by atoms with van der Waals surface area (Å²) in [6.07, 6.45) is 0.962. The van der Waals surface area contributed by atoms with Crippen LogP contribution in [0.2, 0.25) is 0 Å². The fourth-order valence-corrected chi connectivity index (χ4v) is 10.1. The Morgan fingerprint density at radius 2 is 1.75 bits per heavy atom. The van der Waals surface area contributed by atoms with Crippen LogP contribution in [-0.2, 0) is 31.2 Å². The molecule has 3 aromatic carbocycles. The van der Waals surface area contributed by atoms with Gasteiger partial charge in [-0.05, 0) is 117 Å². The first-order valence-corrected chi connectivity index (χ1v) is 22.0. The Hall–Kier alpha value is -5.33. The number of aryl methyl sites for hydroxylation is 2. The molecule has 2 amide bonds. The normalized spacial score (nSPS) is 17.2. The highest BCUT2D eigenvalue weighted by atomic mass is 32.2. The molecule has 59 heavy (non-hydrogen) atoms. The summed E-state index contributed by atoms with van der Waals surface area (Å²) in [6.45, 7) is 31.3. The number of thioether (sulfide) groups is 1. The van der Waals surface area contributed by atoms with Gasteiger partial charge in [0, 0.05) is 42.3 Å². The maximum Gasteiger partial charge on any atom is 0.331 e. The van der Waals surface area contributed by atoms with E-state index in [0.29, 0.717) is 35.0 Å². The van der Waals surface area contributed by atoms with E-state index in [1.54, 1.807) is 31.2 Å². The number of nitrogens with zero attached hydrogens (tertiary/aromatic N) is 6. The summed E-state index contributed by atoms with van der Waals surface area (Å²) in [5.41, 5.74) is 5.43. The number of hydrogen-bond donors (Lipinski definition) is 2. The number of benzene rings is 3. The molecule has 2 N–H and O–H groups in total. The van der Waals surface area contributed by atoms with Crippen LogP contribution in [0.5, 0.6) is 5.75 Å². The number of amides is 2. The summed E-state index contributed by atoms with van der Waals surface area (Å²) in [4.78, 5) is 38.9. The Kier molecular flexibility index (Phi) is 12.5. The highest BCUT2D eigenvalue weighted by molar-refractivity contribution is 8.00. The number of fused-ring (bicyclic) bond motifs is 2. The predicted octanol–water partition coefficient (Wildman–Crippen LogP) is 8.97. The molecule has 1 spiro atoms. The van der Waals surface area contributed by atoms with Crippen molar-refractivity contribution in [3.63, 3.8) is 0 Å². The molecule has 0 radical (unpaired) electrons. The first-order valence-electron chi connectivity index (χ1n) is 19.9. The molecule has 0 saturated carbocycles. The van der Waals surface area contributed by atoms with E-state index in [1.807, 2.05) is 44.2 Å². The monoisotopic (exact) mass is 838 g/mol. The van der Waals surface area contributed by atoms with Crippen molar-refractivity contribution in [3.8, 4) is 17.1 Å². The third-order valence-corrected chi connectivity index (χ3v) is 12.5. The van der Waals surface area contributed by atoms with E-state index < -0.39 is 28.3 Å². The Morgan fingerprint density at radius 3 is 2.37 bits per heavy atom. The molecular formula is C44H54N8O5S2. The molecule has 13 nitrogen and oxygen atoms in total. The summed E-state index contributed by atoms with van der Waals surface area (Å²) in [5.74, 6) is 0.610. The average molecular weight is 839 g/mol. The van der Waals surface area contributed by atoms with Crippen molar-refractivity contribution in [3.05, 3.63) is 100 Å². The van der Waals surface area contributed by atoms with Crippen LogP contribution in [0.1, 0.15) is 84.3 Å². The molecule has 4 aromatic rings. The molecule has 2 unspecified atom stereocenters. The van der Waals surface area contributed by atoms with E-state index in [2.05, 4.69) is 74.3 Å². The number of hydrogen-bond acceptors (Lipinski definition) is 9. The lowest BCUT2D eigenvalue weighted by Crippen LogP contribution is -2.53. The fraction of sp³-hybridized carbons (Fsp3) is 0.432. The van der Waals surface area contributed by atoms with Gasteiger partial charge in [-0.3, -0.25) is 9.62 Å². The molecule has 1 fully saturated rings. The number of anilines is 3. The van der Waals surface area contributed by atoms with E-state index >= 15 is 0 Å². The molecule has 1 aromatic heterocycles. The summed E-state index contributed by atoms with van der Waals surface area (Å²) in [5, 5.41) is 7.93. The molecule has 0 bridgehead atoms. The van der Waals surface area contributed by atoms with Crippen LogP contribution >= 0.6 is 11.8 Å². The zero-order chi connectivity index (χ0) is 42.9. The first kappa shape index (κ1) is 43.3. The van der Waals surface area contributed by atoms with Gasteiger partial charge in [-0.25, -0.2) is 24.1 Å². The zero-order valence-electron chi connectivity index (χ0n) is 35.6. The fourth-order valence-electron chi connectivity index (χ4n) is 8.03. The van der Waals surface area contributed by atoms with Gasteiger partial charge in [-0.2, -0.15) is 4.21 Å². The van der Waals surface area contributed by atoms with E-state index in [1.165, 1.54) is 21.3 Å². The van der Waals surface area contributed by atoms with Gasteiger partial charge < -0.3 is 19.1 Å². The molecule has 15 heteroatoms.